The molecule has 88 valence electrons. The Morgan fingerprint density at radius 1 is 0.667 bits per heavy atom. The van der Waals surface area contributed by atoms with Crippen LogP contribution in [-0.2, 0) is 0 Å². The van der Waals surface area contributed by atoms with Crippen molar-refractivity contribution in [3.05, 3.63) is 47.9 Å². The van der Waals surface area contributed by atoms with Crippen LogP contribution in [0.1, 0.15) is 11.5 Å². The first kappa shape index (κ1) is 9.77. The Morgan fingerprint density at radius 2 is 1.11 bits per heavy atom. The van der Waals surface area contributed by atoms with E-state index in [0.29, 0.717) is 0 Å². The average molecular weight is 236 g/mol. The maximum atomic E-state index is 5.80. The molecule has 2 aromatic carbocycles. The lowest BCUT2D eigenvalue weighted by molar-refractivity contribution is 0.579. The molecule has 2 aromatic heterocycles. The fourth-order valence-electron chi connectivity index (χ4n) is 2.66. The fourth-order valence-corrected chi connectivity index (χ4v) is 2.66. The molecule has 4 aromatic rings. The number of hydrogen-bond acceptors (Lipinski definition) is 2. The minimum absolute atomic E-state index is 0.938. The Kier molecular flexibility index (Phi) is 1.72. The van der Waals surface area contributed by atoms with Crippen LogP contribution in [0.4, 0.5) is 0 Å². The van der Waals surface area contributed by atoms with E-state index in [-0.39, 0.29) is 0 Å². The molecule has 18 heavy (non-hydrogen) atoms. The quantitative estimate of drug-likeness (QED) is 0.432. The molecule has 0 spiro atoms. The number of furan rings is 2. The Hall–Kier alpha value is -2.22. The highest BCUT2D eigenvalue weighted by atomic mass is 16.3. The van der Waals surface area contributed by atoms with E-state index >= 15 is 0 Å². The molecule has 0 bridgehead atoms. The van der Waals surface area contributed by atoms with Gasteiger partial charge in [-0.05, 0) is 38.1 Å². The van der Waals surface area contributed by atoms with Gasteiger partial charge >= 0.3 is 0 Å². The monoisotopic (exact) mass is 236 g/mol. The maximum Gasteiger partial charge on any atom is 0.142 e. The van der Waals surface area contributed by atoms with Crippen molar-refractivity contribution in [1.29, 1.82) is 0 Å². The van der Waals surface area contributed by atoms with Crippen molar-refractivity contribution in [3.63, 3.8) is 0 Å². The molecule has 4 rings (SSSR count). The van der Waals surface area contributed by atoms with E-state index in [4.69, 9.17) is 8.83 Å². The third-order valence-corrected chi connectivity index (χ3v) is 3.41. The van der Waals surface area contributed by atoms with Gasteiger partial charge in [0.25, 0.3) is 0 Å². The molecule has 0 radical (unpaired) electrons. The number of hydrogen-bond donors (Lipinski definition) is 0. The molecule has 0 saturated carbocycles. The second kappa shape index (κ2) is 3.16. The summed E-state index contributed by atoms with van der Waals surface area (Å²) in [6.45, 7) is 3.95. The molecule has 2 nitrogen and oxygen atoms in total. The third kappa shape index (κ3) is 1.17. The van der Waals surface area contributed by atoms with Crippen molar-refractivity contribution in [2.45, 2.75) is 13.8 Å². The van der Waals surface area contributed by atoms with Crippen LogP contribution >= 0.6 is 0 Å². The molecule has 0 aliphatic rings. The first-order valence-electron chi connectivity index (χ1n) is 6.04. The minimum atomic E-state index is 0.938. The largest absolute Gasteiger partial charge is 0.461 e. The molecule has 0 aliphatic carbocycles. The molecular weight excluding hydrogens is 224 g/mol. The molecule has 0 unspecified atom stereocenters. The Bertz CT molecular complexity index is 818. The number of rotatable bonds is 0. The first-order valence-corrected chi connectivity index (χ1v) is 6.04. The predicted octanol–water partition coefficient (Wildman–Crippen LogP) is 4.95. The van der Waals surface area contributed by atoms with E-state index in [1.54, 1.807) is 0 Å². The van der Waals surface area contributed by atoms with Gasteiger partial charge < -0.3 is 8.83 Å². The summed E-state index contributed by atoms with van der Waals surface area (Å²) in [5.74, 6) is 1.88. The van der Waals surface area contributed by atoms with Crippen molar-refractivity contribution in [1.82, 2.24) is 0 Å². The Labute approximate surface area is 104 Å². The zero-order chi connectivity index (χ0) is 12.3. The fraction of sp³-hybridized carbons (Fsp3) is 0.125. The second-order valence-corrected chi connectivity index (χ2v) is 4.78. The van der Waals surface area contributed by atoms with Crippen LogP contribution in [0.2, 0.25) is 0 Å². The van der Waals surface area contributed by atoms with Gasteiger partial charge in [-0.2, -0.15) is 0 Å². The van der Waals surface area contributed by atoms with Crippen LogP contribution in [0, 0.1) is 13.8 Å². The molecule has 2 heterocycles. The molecule has 0 N–H and O–H groups in total. The summed E-state index contributed by atoms with van der Waals surface area (Å²) in [6, 6.07) is 12.5. The number of aryl methyl sites for hydroxylation is 2. The van der Waals surface area contributed by atoms with E-state index in [0.717, 1.165) is 44.2 Å². The van der Waals surface area contributed by atoms with E-state index in [2.05, 4.69) is 36.4 Å². The van der Waals surface area contributed by atoms with Gasteiger partial charge in [0.2, 0.25) is 0 Å². The van der Waals surface area contributed by atoms with Gasteiger partial charge in [-0.15, -0.1) is 0 Å². The lowest BCUT2D eigenvalue weighted by Crippen LogP contribution is -1.74. The summed E-state index contributed by atoms with van der Waals surface area (Å²) >= 11 is 0. The van der Waals surface area contributed by atoms with Crippen molar-refractivity contribution in [3.8, 4) is 0 Å². The van der Waals surface area contributed by atoms with Gasteiger partial charge in [-0.3, -0.25) is 0 Å². The summed E-state index contributed by atoms with van der Waals surface area (Å²) in [7, 11) is 0. The first-order chi connectivity index (χ1) is 8.72. The van der Waals surface area contributed by atoms with Crippen LogP contribution in [0.15, 0.2) is 45.2 Å². The lowest BCUT2D eigenvalue weighted by atomic mass is 10.1. The number of fused-ring (bicyclic) bond motifs is 5. The SMILES string of the molecule is Cc1cc2ccc3c(ccc4cc(C)oc43)c2o1. The van der Waals surface area contributed by atoms with E-state index in [1.165, 1.54) is 0 Å². The van der Waals surface area contributed by atoms with Crippen molar-refractivity contribution >= 4 is 32.7 Å². The standard InChI is InChI=1S/C16H12O2/c1-9-7-11-3-5-14-13(15(11)17-9)6-4-12-8-10(2)18-16(12)14/h3-8H,1-2H3. The van der Waals surface area contributed by atoms with Crippen LogP contribution in [0.25, 0.3) is 32.7 Å². The minimum Gasteiger partial charge on any atom is -0.461 e. The molecule has 0 fully saturated rings. The van der Waals surface area contributed by atoms with Crippen LogP contribution < -0.4 is 0 Å². The van der Waals surface area contributed by atoms with E-state index in [1.807, 2.05) is 13.8 Å². The van der Waals surface area contributed by atoms with Crippen molar-refractivity contribution in [2.24, 2.45) is 0 Å². The lowest BCUT2D eigenvalue weighted by Gasteiger charge is -1.99. The molecular formula is C16H12O2. The van der Waals surface area contributed by atoms with Crippen molar-refractivity contribution < 1.29 is 8.83 Å². The molecule has 2 heteroatoms. The highest BCUT2D eigenvalue weighted by Crippen LogP contribution is 2.33. The van der Waals surface area contributed by atoms with Gasteiger partial charge in [0.1, 0.15) is 22.7 Å². The van der Waals surface area contributed by atoms with Crippen LogP contribution in [-0.4, -0.2) is 0 Å². The Morgan fingerprint density at radius 3 is 1.56 bits per heavy atom. The zero-order valence-electron chi connectivity index (χ0n) is 10.3. The summed E-state index contributed by atoms with van der Waals surface area (Å²) in [6.07, 6.45) is 0. The molecule has 0 saturated heterocycles. The highest BCUT2D eigenvalue weighted by molar-refractivity contribution is 6.13. The van der Waals surface area contributed by atoms with Gasteiger partial charge in [0.15, 0.2) is 0 Å². The summed E-state index contributed by atoms with van der Waals surface area (Å²) < 4.78 is 11.6. The van der Waals surface area contributed by atoms with E-state index in [9.17, 15) is 0 Å². The smallest absolute Gasteiger partial charge is 0.142 e. The van der Waals surface area contributed by atoms with Crippen LogP contribution in [0.5, 0.6) is 0 Å². The van der Waals surface area contributed by atoms with Crippen LogP contribution in [0.3, 0.4) is 0 Å². The summed E-state index contributed by atoms with van der Waals surface area (Å²) in [5, 5.41) is 4.51. The van der Waals surface area contributed by atoms with Gasteiger partial charge in [-0.1, -0.05) is 12.1 Å². The Balaban J connectivity index is 2.29. The normalized spacial score (nSPS) is 11.9. The van der Waals surface area contributed by atoms with Crippen molar-refractivity contribution in [2.75, 3.05) is 0 Å². The highest BCUT2D eigenvalue weighted by Gasteiger charge is 2.10. The third-order valence-electron chi connectivity index (χ3n) is 3.41. The topological polar surface area (TPSA) is 26.3 Å². The van der Waals surface area contributed by atoms with E-state index < -0.39 is 0 Å². The predicted molar refractivity (Wildman–Crippen MR) is 73.0 cm³/mol. The summed E-state index contributed by atoms with van der Waals surface area (Å²) in [5.41, 5.74) is 1.89. The molecule has 0 amide bonds. The van der Waals surface area contributed by atoms with Gasteiger partial charge in [0, 0.05) is 21.5 Å². The molecule has 0 aliphatic heterocycles. The zero-order valence-corrected chi connectivity index (χ0v) is 10.3. The maximum absolute atomic E-state index is 5.80. The average Bonchev–Trinajstić information content (AvgIpc) is 2.89. The molecule has 0 atom stereocenters. The summed E-state index contributed by atoms with van der Waals surface area (Å²) in [4.78, 5) is 0. The van der Waals surface area contributed by atoms with Gasteiger partial charge in [-0.25, -0.2) is 0 Å². The van der Waals surface area contributed by atoms with Gasteiger partial charge in [0.05, 0.1) is 0 Å². The number of benzene rings is 2. The second-order valence-electron chi connectivity index (χ2n) is 4.78.